The molecule has 1 aromatic heterocycles. The molecule has 0 bridgehead atoms. The van der Waals surface area contributed by atoms with Gasteiger partial charge in [-0.15, -0.1) is 0 Å². The maximum atomic E-state index is 14.0. The van der Waals surface area contributed by atoms with E-state index in [9.17, 15) is 14.0 Å². The number of nitrogens with zero attached hydrogens (tertiary/aromatic N) is 2. The van der Waals surface area contributed by atoms with Gasteiger partial charge in [0, 0.05) is 23.5 Å². The fourth-order valence-electron chi connectivity index (χ4n) is 4.19. The third kappa shape index (κ3) is 4.13. The van der Waals surface area contributed by atoms with Crippen LogP contribution in [-0.2, 0) is 9.59 Å². The van der Waals surface area contributed by atoms with E-state index in [0.29, 0.717) is 22.9 Å². The number of anilines is 1. The molecule has 3 aromatic carbocycles. The van der Waals surface area contributed by atoms with Crippen LogP contribution in [0, 0.1) is 5.82 Å². The number of nitrogens with one attached hydrogen (secondary N) is 1. The summed E-state index contributed by atoms with van der Waals surface area (Å²) in [6, 6.07) is 22.9. The Balaban J connectivity index is 1.64. The van der Waals surface area contributed by atoms with Crippen molar-refractivity contribution >= 4 is 17.6 Å². The fraction of sp³-hybridized carbons (Fsp3) is 0.115. The van der Waals surface area contributed by atoms with Crippen molar-refractivity contribution in [3.8, 4) is 22.7 Å². The maximum Gasteiger partial charge on any atom is 0.255 e. The molecular weight excluding hydrogens is 435 g/mol. The number of amides is 2. The molecule has 1 atom stereocenters. The molecule has 0 unspecified atom stereocenters. The Bertz CT molecular complexity index is 1370. The van der Waals surface area contributed by atoms with Crippen LogP contribution in [0.5, 0.6) is 5.75 Å². The van der Waals surface area contributed by atoms with Crippen LogP contribution >= 0.6 is 0 Å². The van der Waals surface area contributed by atoms with Crippen LogP contribution in [0.15, 0.2) is 78.9 Å². The van der Waals surface area contributed by atoms with E-state index in [2.05, 4.69) is 5.32 Å². The molecule has 2 amide bonds. The maximum absolute atomic E-state index is 14.0. The third-order valence-electron chi connectivity index (χ3n) is 5.68. The van der Waals surface area contributed by atoms with E-state index in [1.807, 2.05) is 42.5 Å². The van der Waals surface area contributed by atoms with E-state index >= 15 is 0 Å². The molecule has 7 nitrogen and oxygen atoms in total. The lowest BCUT2D eigenvalue weighted by molar-refractivity contribution is -0.120. The number of hydrogen-bond acceptors (Lipinski definition) is 4. The number of halogens is 1. The number of benzene rings is 3. The van der Waals surface area contributed by atoms with Gasteiger partial charge in [-0.3, -0.25) is 9.59 Å². The summed E-state index contributed by atoms with van der Waals surface area (Å²) in [7, 11) is 0. The van der Waals surface area contributed by atoms with Crippen LogP contribution in [0.3, 0.4) is 0 Å². The van der Waals surface area contributed by atoms with Crippen molar-refractivity contribution in [3.05, 3.63) is 95.8 Å². The highest BCUT2D eigenvalue weighted by atomic mass is 19.1. The van der Waals surface area contributed by atoms with Gasteiger partial charge >= 0.3 is 0 Å². The van der Waals surface area contributed by atoms with Crippen molar-refractivity contribution in [1.29, 1.82) is 0 Å². The van der Waals surface area contributed by atoms with Gasteiger partial charge in [-0.2, -0.15) is 5.10 Å². The highest BCUT2D eigenvalue weighted by Gasteiger charge is 2.34. The van der Waals surface area contributed by atoms with Gasteiger partial charge in [-0.1, -0.05) is 48.5 Å². The molecular formula is C26H21FN4O3. The predicted molar refractivity (Wildman–Crippen MR) is 125 cm³/mol. The minimum atomic E-state index is -0.560. The quantitative estimate of drug-likeness (QED) is 0.458. The number of ether oxygens (including phenoxy) is 1. The van der Waals surface area contributed by atoms with Crippen molar-refractivity contribution in [2.75, 3.05) is 11.9 Å². The van der Waals surface area contributed by atoms with Gasteiger partial charge in [-0.05, 0) is 35.9 Å². The highest BCUT2D eigenvalue weighted by molar-refractivity contribution is 5.96. The SMILES string of the molecule is NC(=O)COc1ccc([C@H]2CC(=O)Nc3c2c(-c2ccccc2)nn3-c2cccc(F)c2)cc1. The van der Waals surface area contributed by atoms with Crippen LogP contribution in [0.2, 0.25) is 0 Å². The van der Waals surface area contributed by atoms with E-state index in [1.54, 1.807) is 28.9 Å². The fourth-order valence-corrected chi connectivity index (χ4v) is 4.19. The molecule has 1 aliphatic rings. The first kappa shape index (κ1) is 21.4. The first-order valence-electron chi connectivity index (χ1n) is 10.7. The summed E-state index contributed by atoms with van der Waals surface area (Å²) in [4.78, 5) is 23.7. The molecule has 2 heterocycles. The van der Waals surface area contributed by atoms with E-state index in [1.165, 1.54) is 12.1 Å². The van der Waals surface area contributed by atoms with Crippen molar-refractivity contribution in [1.82, 2.24) is 9.78 Å². The molecule has 0 fully saturated rings. The van der Waals surface area contributed by atoms with Gasteiger partial charge in [0.05, 0.1) is 11.4 Å². The Morgan fingerprint density at radius 1 is 1.09 bits per heavy atom. The molecule has 170 valence electrons. The van der Waals surface area contributed by atoms with Gasteiger partial charge in [-0.25, -0.2) is 9.07 Å². The molecule has 0 saturated heterocycles. The van der Waals surface area contributed by atoms with Crippen molar-refractivity contribution < 1.29 is 18.7 Å². The summed E-state index contributed by atoms with van der Waals surface area (Å²) in [6.07, 6.45) is 0.225. The molecule has 0 radical (unpaired) electrons. The van der Waals surface area contributed by atoms with Crippen molar-refractivity contribution in [2.24, 2.45) is 5.73 Å². The minimum absolute atomic E-state index is 0.163. The van der Waals surface area contributed by atoms with Gasteiger partial charge in [0.2, 0.25) is 5.91 Å². The lowest BCUT2D eigenvalue weighted by Gasteiger charge is -2.25. The van der Waals surface area contributed by atoms with Crippen LogP contribution in [0.4, 0.5) is 10.2 Å². The summed E-state index contributed by atoms with van der Waals surface area (Å²) >= 11 is 0. The summed E-state index contributed by atoms with van der Waals surface area (Å²) in [5.74, 6) is -0.389. The first-order valence-corrected chi connectivity index (χ1v) is 10.7. The summed E-state index contributed by atoms with van der Waals surface area (Å²) in [5, 5.41) is 7.75. The van der Waals surface area contributed by atoms with Gasteiger partial charge in [0.1, 0.15) is 17.4 Å². The topological polar surface area (TPSA) is 99.2 Å². The molecule has 3 N–H and O–H groups in total. The number of hydrogen-bond donors (Lipinski definition) is 2. The Morgan fingerprint density at radius 2 is 1.85 bits per heavy atom. The average Bonchev–Trinajstić information content (AvgIpc) is 3.22. The predicted octanol–water partition coefficient (Wildman–Crippen LogP) is 4.02. The van der Waals surface area contributed by atoms with E-state index < -0.39 is 11.7 Å². The van der Waals surface area contributed by atoms with Crippen LogP contribution in [-0.4, -0.2) is 28.2 Å². The molecule has 1 aliphatic heterocycles. The summed E-state index contributed by atoms with van der Waals surface area (Å²) in [5.41, 5.74) is 8.98. The molecule has 0 spiro atoms. The Labute approximate surface area is 195 Å². The van der Waals surface area contributed by atoms with Gasteiger partial charge in [0.15, 0.2) is 6.61 Å². The molecule has 8 heteroatoms. The Morgan fingerprint density at radius 3 is 2.56 bits per heavy atom. The van der Waals surface area contributed by atoms with Crippen LogP contribution in [0.1, 0.15) is 23.5 Å². The lowest BCUT2D eigenvalue weighted by Crippen LogP contribution is -2.25. The standard InChI is InChI=1S/C26H21FN4O3/c27-18-7-4-8-19(13-18)31-26-24(25(30-31)17-5-2-1-3-6-17)21(14-23(33)29-26)16-9-11-20(12-10-16)34-15-22(28)32/h1-13,21H,14-15H2,(H2,28,32)(H,29,33)/t21-/m1/s1. The monoisotopic (exact) mass is 456 g/mol. The van der Waals surface area contributed by atoms with Gasteiger partial charge in [0.25, 0.3) is 5.91 Å². The van der Waals surface area contributed by atoms with Gasteiger partial charge < -0.3 is 15.8 Å². The normalized spacial score (nSPS) is 14.9. The number of primary amides is 1. The Kier molecular flexibility index (Phi) is 5.55. The number of aromatic nitrogens is 2. The Hall–Kier alpha value is -4.46. The smallest absolute Gasteiger partial charge is 0.255 e. The lowest BCUT2D eigenvalue weighted by atomic mass is 9.84. The molecule has 5 rings (SSSR count). The molecule has 34 heavy (non-hydrogen) atoms. The summed E-state index contributed by atoms with van der Waals surface area (Å²) in [6.45, 7) is -0.214. The summed E-state index contributed by atoms with van der Waals surface area (Å²) < 4.78 is 21.0. The zero-order chi connectivity index (χ0) is 23.7. The third-order valence-corrected chi connectivity index (χ3v) is 5.68. The number of rotatable bonds is 6. The average molecular weight is 456 g/mol. The first-order chi connectivity index (χ1) is 16.5. The van der Waals surface area contributed by atoms with Crippen LogP contribution in [0.25, 0.3) is 16.9 Å². The number of carbonyl (C=O) groups excluding carboxylic acids is 2. The van der Waals surface area contributed by atoms with Crippen LogP contribution < -0.4 is 15.8 Å². The highest BCUT2D eigenvalue weighted by Crippen LogP contribution is 2.44. The van der Waals surface area contributed by atoms with Crippen molar-refractivity contribution in [3.63, 3.8) is 0 Å². The minimum Gasteiger partial charge on any atom is -0.484 e. The number of fused-ring (bicyclic) bond motifs is 1. The second-order valence-corrected chi connectivity index (χ2v) is 8.00. The van der Waals surface area contributed by atoms with E-state index in [4.69, 9.17) is 15.6 Å². The zero-order valence-corrected chi connectivity index (χ0v) is 18.1. The number of carbonyl (C=O) groups is 2. The molecule has 0 aliphatic carbocycles. The largest absolute Gasteiger partial charge is 0.484 e. The molecule has 0 saturated carbocycles. The number of nitrogens with two attached hydrogens (primary N) is 1. The van der Waals surface area contributed by atoms with E-state index in [-0.39, 0.29) is 24.9 Å². The zero-order valence-electron chi connectivity index (χ0n) is 18.1. The van der Waals surface area contributed by atoms with Crippen molar-refractivity contribution in [2.45, 2.75) is 12.3 Å². The molecule has 4 aromatic rings. The second-order valence-electron chi connectivity index (χ2n) is 8.00. The van der Waals surface area contributed by atoms with E-state index in [0.717, 1.165) is 16.7 Å². The second kappa shape index (κ2) is 8.82.